The fourth-order valence-electron chi connectivity index (χ4n) is 4.37. The number of carbonyl (C=O) groups is 3. The molecule has 3 aromatic rings. The molecule has 1 aliphatic carbocycles. The van der Waals surface area contributed by atoms with E-state index in [4.69, 9.17) is 9.84 Å². The molecule has 2 amide bonds. The van der Waals surface area contributed by atoms with Gasteiger partial charge in [-0.1, -0.05) is 55.5 Å². The first-order chi connectivity index (χ1) is 16.9. The number of carboxylic acids is 1. The fraction of sp³-hybridized carbons (Fsp3) is 0.222. The third-order valence-corrected chi connectivity index (χ3v) is 6.59. The average molecular weight is 537 g/mol. The van der Waals surface area contributed by atoms with Gasteiger partial charge in [-0.2, -0.15) is 0 Å². The summed E-state index contributed by atoms with van der Waals surface area (Å²) in [6.07, 6.45) is -0.0199. The third-order valence-electron chi connectivity index (χ3n) is 5.90. The van der Waals surface area contributed by atoms with Gasteiger partial charge >= 0.3 is 12.1 Å². The summed E-state index contributed by atoms with van der Waals surface area (Å²) in [5.74, 6) is -1.57. The van der Waals surface area contributed by atoms with Gasteiger partial charge in [0.1, 0.15) is 13.2 Å². The molecule has 0 fully saturated rings. The van der Waals surface area contributed by atoms with E-state index in [0.717, 1.165) is 22.3 Å². The highest BCUT2D eigenvalue weighted by Gasteiger charge is 2.29. The van der Waals surface area contributed by atoms with Crippen LogP contribution in [-0.2, 0) is 9.53 Å². The average Bonchev–Trinajstić information content (AvgIpc) is 3.17. The van der Waals surface area contributed by atoms with Crippen LogP contribution in [0, 0.1) is 0 Å². The summed E-state index contributed by atoms with van der Waals surface area (Å²) in [5.41, 5.74) is 5.15. The molecule has 0 bridgehead atoms. The van der Waals surface area contributed by atoms with Crippen LogP contribution in [0.4, 0.5) is 10.5 Å². The van der Waals surface area contributed by atoms with E-state index in [0.29, 0.717) is 23.1 Å². The summed E-state index contributed by atoms with van der Waals surface area (Å²) >= 11 is 3.39. The van der Waals surface area contributed by atoms with Crippen LogP contribution in [0.1, 0.15) is 40.7 Å². The molecule has 0 heterocycles. The molecule has 2 N–H and O–H groups in total. The molecule has 1 aliphatic rings. The highest BCUT2D eigenvalue weighted by Crippen LogP contribution is 2.44. The zero-order chi connectivity index (χ0) is 24.9. The molecule has 0 spiro atoms. The number of ether oxygens (including phenoxy) is 1. The topological polar surface area (TPSA) is 95.9 Å². The van der Waals surface area contributed by atoms with E-state index in [-0.39, 0.29) is 18.1 Å². The molecular weight excluding hydrogens is 512 g/mol. The van der Waals surface area contributed by atoms with Crippen molar-refractivity contribution in [1.29, 1.82) is 0 Å². The van der Waals surface area contributed by atoms with Crippen LogP contribution in [0.25, 0.3) is 11.1 Å². The third kappa shape index (κ3) is 5.38. The summed E-state index contributed by atoms with van der Waals surface area (Å²) in [7, 11) is 0. The maximum Gasteiger partial charge on any atom is 0.411 e. The van der Waals surface area contributed by atoms with Crippen LogP contribution in [0.3, 0.4) is 0 Å². The Bertz CT molecular complexity index is 1230. The largest absolute Gasteiger partial charge is 0.480 e. The Morgan fingerprint density at radius 2 is 1.63 bits per heavy atom. The van der Waals surface area contributed by atoms with Crippen molar-refractivity contribution in [2.45, 2.75) is 19.3 Å². The molecular formula is C27H25BrN2O5. The van der Waals surface area contributed by atoms with Gasteiger partial charge in [0.05, 0.1) is 5.69 Å². The molecule has 0 saturated carbocycles. The molecule has 0 aliphatic heterocycles. The van der Waals surface area contributed by atoms with Crippen molar-refractivity contribution in [2.24, 2.45) is 0 Å². The van der Waals surface area contributed by atoms with E-state index in [1.54, 1.807) is 12.1 Å². The zero-order valence-corrected chi connectivity index (χ0v) is 20.7. The summed E-state index contributed by atoms with van der Waals surface area (Å²) < 4.78 is 6.17. The van der Waals surface area contributed by atoms with Gasteiger partial charge in [-0.05, 0) is 62.8 Å². The SMILES string of the molecule is CCCN(CC(=O)O)C(=O)c1ccc(Br)c(NC(=O)OCC2c3ccccc3-c3ccccc32)c1. The number of fused-ring (bicyclic) bond motifs is 3. The minimum Gasteiger partial charge on any atom is -0.480 e. The molecule has 0 radical (unpaired) electrons. The van der Waals surface area contributed by atoms with Crippen molar-refractivity contribution in [3.8, 4) is 11.1 Å². The van der Waals surface area contributed by atoms with Crippen LogP contribution in [0.15, 0.2) is 71.2 Å². The Labute approximate surface area is 211 Å². The number of hydrogen-bond acceptors (Lipinski definition) is 4. The van der Waals surface area contributed by atoms with Crippen LogP contribution >= 0.6 is 15.9 Å². The number of rotatable bonds is 8. The molecule has 8 heteroatoms. The first kappa shape index (κ1) is 24.5. The van der Waals surface area contributed by atoms with Crippen LogP contribution in [0.2, 0.25) is 0 Å². The number of anilines is 1. The van der Waals surface area contributed by atoms with Gasteiger partial charge in [0.2, 0.25) is 0 Å². The fourth-order valence-corrected chi connectivity index (χ4v) is 4.71. The number of aliphatic carboxylic acids is 1. The van der Waals surface area contributed by atoms with Crippen molar-refractivity contribution in [2.75, 3.05) is 25.0 Å². The van der Waals surface area contributed by atoms with Crippen molar-refractivity contribution >= 4 is 39.6 Å². The molecule has 7 nitrogen and oxygen atoms in total. The molecule has 3 aromatic carbocycles. The van der Waals surface area contributed by atoms with E-state index in [2.05, 4.69) is 33.4 Å². The normalized spacial score (nSPS) is 11.9. The minimum atomic E-state index is -1.08. The minimum absolute atomic E-state index is 0.0666. The maximum atomic E-state index is 12.9. The van der Waals surface area contributed by atoms with E-state index in [1.807, 2.05) is 43.3 Å². The molecule has 0 saturated heterocycles. The predicted molar refractivity (Wildman–Crippen MR) is 137 cm³/mol. The summed E-state index contributed by atoms with van der Waals surface area (Å²) in [6.45, 7) is 1.96. The number of hydrogen-bond donors (Lipinski definition) is 2. The molecule has 0 atom stereocenters. The zero-order valence-electron chi connectivity index (χ0n) is 19.2. The highest BCUT2D eigenvalue weighted by atomic mass is 79.9. The predicted octanol–water partition coefficient (Wildman–Crippen LogP) is 5.75. The maximum absolute atomic E-state index is 12.9. The molecule has 180 valence electrons. The lowest BCUT2D eigenvalue weighted by Crippen LogP contribution is -2.36. The standard InChI is InChI=1S/C27H25BrN2O5/c1-2-13-30(15-25(31)32)26(33)17-11-12-23(28)24(14-17)29-27(34)35-16-22-20-9-5-3-7-18(20)19-8-4-6-10-21(19)22/h3-12,14,22H,2,13,15-16H2,1H3,(H,29,34)(H,31,32). The van der Waals surface area contributed by atoms with E-state index < -0.39 is 24.5 Å². The summed E-state index contributed by atoms with van der Waals surface area (Å²) in [5, 5.41) is 11.8. The number of nitrogens with one attached hydrogen (secondary N) is 1. The van der Waals surface area contributed by atoms with Gasteiger partial charge in [0.15, 0.2) is 0 Å². The summed E-state index contributed by atoms with van der Waals surface area (Å²) in [4.78, 5) is 38.0. The van der Waals surface area contributed by atoms with Crippen molar-refractivity contribution in [3.05, 3.63) is 87.9 Å². The van der Waals surface area contributed by atoms with Gasteiger partial charge in [-0.3, -0.25) is 14.9 Å². The van der Waals surface area contributed by atoms with Gasteiger partial charge < -0.3 is 14.7 Å². The Balaban J connectivity index is 1.46. The van der Waals surface area contributed by atoms with E-state index in [1.165, 1.54) is 11.0 Å². The van der Waals surface area contributed by atoms with Crippen molar-refractivity contribution in [1.82, 2.24) is 4.90 Å². The first-order valence-corrected chi connectivity index (χ1v) is 12.1. The number of nitrogens with zero attached hydrogens (tertiary/aromatic N) is 1. The number of amides is 2. The second kappa shape index (κ2) is 10.7. The second-order valence-corrected chi connectivity index (χ2v) is 9.12. The smallest absolute Gasteiger partial charge is 0.411 e. The molecule has 4 rings (SSSR count). The number of carbonyl (C=O) groups excluding carboxylic acids is 2. The van der Waals surface area contributed by atoms with Crippen molar-refractivity contribution in [3.63, 3.8) is 0 Å². The van der Waals surface area contributed by atoms with Crippen LogP contribution in [0.5, 0.6) is 0 Å². The van der Waals surface area contributed by atoms with Crippen LogP contribution in [-0.4, -0.2) is 47.7 Å². The Morgan fingerprint density at radius 3 is 2.23 bits per heavy atom. The van der Waals surface area contributed by atoms with Gasteiger partial charge in [-0.15, -0.1) is 0 Å². The molecule has 0 unspecified atom stereocenters. The lowest BCUT2D eigenvalue weighted by molar-refractivity contribution is -0.137. The van der Waals surface area contributed by atoms with E-state index in [9.17, 15) is 14.4 Å². The monoisotopic (exact) mass is 536 g/mol. The Morgan fingerprint density at radius 1 is 1.00 bits per heavy atom. The van der Waals surface area contributed by atoms with Gasteiger partial charge in [0, 0.05) is 22.5 Å². The number of halogens is 1. The highest BCUT2D eigenvalue weighted by molar-refractivity contribution is 9.10. The van der Waals surface area contributed by atoms with Gasteiger partial charge in [0.25, 0.3) is 5.91 Å². The Kier molecular flexibility index (Phi) is 7.51. The van der Waals surface area contributed by atoms with Gasteiger partial charge in [-0.25, -0.2) is 4.79 Å². The first-order valence-electron chi connectivity index (χ1n) is 11.3. The quantitative estimate of drug-likeness (QED) is 0.382. The lowest BCUT2D eigenvalue weighted by atomic mass is 9.98. The second-order valence-electron chi connectivity index (χ2n) is 8.27. The molecule has 35 heavy (non-hydrogen) atoms. The van der Waals surface area contributed by atoms with E-state index >= 15 is 0 Å². The Hall–Kier alpha value is -3.65. The molecule has 0 aromatic heterocycles. The summed E-state index contributed by atoms with van der Waals surface area (Å²) in [6, 6.07) is 20.9. The van der Waals surface area contributed by atoms with Crippen LogP contribution < -0.4 is 5.32 Å². The lowest BCUT2D eigenvalue weighted by Gasteiger charge is -2.20. The van der Waals surface area contributed by atoms with Crippen molar-refractivity contribution < 1.29 is 24.2 Å². The number of benzene rings is 3. The number of carboxylic acid groups (broad SMARTS) is 1.